The first-order chi connectivity index (χ1) is 11.6. The molecule has 0 unspecified atom stereocenters. The van der Waals surface area contributed by atoms with E-state index in [1.807, 2.05) is 31.2 Å². The Kier molecular flexibility index (Phi) is 4.94. The minimum Gasteiger partial charge on any atom is -0.452 e. The molecule has 124 valence electrons. The predicted molar refractivity (Wildman–Crippen MR) is 91.7 cm³/mol. The van der Waals surface area contributed by atoms with E-state index in [9.17, 15) is 9.59 Å². The van der Waals surface area contributed by atoms with E-state index in [4.69, 9.17) is 4.74 Å². The third-order valence-electron chi connectivity index (χ3n) is 4.33. The highest BCUT2D eigenvalue weighted by Crippen LogP contribution is 2.29. The lowest BCUT2D eigenvalue weighted by Gasteiger charge is -2.26. The lowest BCUT2D eigenvalue weighted by Crippen LogP contribution is -2.34. The van der Waals surface area contributed by atoms with E-state index in [-0.39, 0.29) is 18.6 Å². The van der Waals surface area contributed by atoms with E-state index in [1.54, 1.807) is 12.1 Å². The van der Waals surface area contributed by atoms with Gasteiger partial charge in [0, 0.05) is 0 Å². The summed E-state index contributed by atoms with van der Waals surface area (Å²) >= 11 is 0. The molecule has 3 rings (SSSR count). The quantitative estimate of drug-likeness (QED) is 0.878. The summed E-state index contributed by atoms with van der Waals surface area (Å²) in [6.07, 6.45) is 3.00. The minimum atomic E-state index is -0.478. The molecule has 1 aliphatic rings. The Morgan fingerprint density at radius 2 is 1.88 bits per heavy atom. The number of benzene rings is 2. The largest absolute Gasteiger partial charge is 0.452 e. The second-order valence-electron chi connectivity index (χ2n) is 6.15. The van der Waals surface area contributed by atoms with Gasteiger partial charge in [0.15, 0.2) is 6.61 Å². The molecule has 0 saturated carbocycles. The average molecular weight is 323 g/mol. The third kappa shape index (κ3) is 3.82. The van der Waals surface area contributed by atoms with Gasteiger partial charge in [0.2, 0.25) is 0 Å². The highest BCUT2D eigenvalue weighted by Gasteiger charge is 2.21. The van der Waals surface area contributed by atoms with Crippen LogP contribution in [-0.2, 0) is 16.0 Å². The molecular formula is C20H21NO3. The number of hydrogen-bond acceptors (Lipinski definition) is 3. The van der Waals surface area contributed by atoms with Crippen LogP contribution in [0.3, 0.4) is 0 Å². The number of esters is 1. The van der Waals surface area contributed by atoms with Crippen molar-refractivity contribution in [1.82, 2.24) is 5.32 Å². The van der Waals surface area contributed by atoms with Gasteiger partial charge in [-0.15, -0.1) is 0 Å². The molecule has 1 N–H and O–H groups in total. The van der Waals surface area contributed by atoms with Crippen LogP contribution in [0.5, 0.6) is 0 Å². The Balaban J connectivity index is 1.55. The van der Waals surface area contributed by atoms with Gasteiger partial charge in [-0.25, -0.2) is 4.79 Å². The third-order valence-corrected chi connectivity index (χ3v) is 4.33. The van der Waals surface area contributed by atoms with E-state index in [0.29, 0.717) is 5.56 Å². The van der Waals surface area contributed by atoms with Crippen LogP contribution in [-0.4, -0.2) is 18.5 Å². The molecule has 1 amide bonds. The summed E-state index contributed by atoms with van der Waals surface area (Å²) in [5.41, 5.74) is 3.98. The van der Waals surface area contributed by atoms with Gasteiger partial charge in [0.25, 0.3) is 5.91 Å². The molecule has 0 aromatic heterocycles. The number of nitrogens with one attached hydrogen (secondary N) is 1. The van der Waals surface area contributed by atoms with Crippen LogP contribution in [0, 0.1) is 6.92 Å². The van der Waals surface area contributed by atoms with Crippen molar-refractivity contribution in [3.8, 4) is 0 Å². The van der Waals surface area contributed by atoms with Gasteiger partial charge in [-0.1, -0.05) is 42.0 Å². The first-order valence-corrected chi connectivity index (χ1v) is 8.24. The molecule has 0 radical (unpaired) electrons. The van der Waals surface area contributed by atoms with Gasteiger partial charge in [0.1, 0.15) is 0 Å². The van der Waals surface area contributed by atoms with Crippen molar-refractivity contribution in [3.63, 3.8) is 0 Å². The Bertz CT molecular complexity index is 737. The normalized spacial score (nSPS) is 16.1. The standard InChI is InChI=1S/C20H21NO3/c1-14-9-11-16(12-10-14)20(23)24-13-19(22)21-18-8-4-6-15-5-2-3-7-17(15)18/h2-3,5,7,9-12,18H,4,6,8,13H2,1H3,(H,21,22)/t18-/m1/s1. The first-order valence-electron chi connectivity index (χ1n) is 8.24. The molecule has 0 aliphatic heterocycles. The summed E-state index contributed by atoms with van der Waals surface area (Å²) in [6, 6.07) is 15.3. The average Bonchev–Trinajstić information content (AvgIpc) is 2.61. The first kappa shape index (κ1) is 16.2. The fraction of sp³-hybridized carbons (Fsp3) is 0.300. The van der Waals surface area contributed by atoms with Crippen molar-refractivity contribution in [1.29, 1.82) is 0 Å². The minimum absolute atomic E-state index is 0.000488. The van der Waals surface area contributed by atoms with Crippen molar-refractivity contribution in [3.05, 3.63) is 70.8 Å². The number of fused-ring (bicyclic) bond motifs is 1. The highest BCUT2D eigenvalue weighted by molar-refractivity contribution is 5.91. The maximum absolute atomic E-state index is 12.1. The maximum atomic E-state index is 12.1. The molecule has 4 heteroatoms. The molecule has 24 heavy (non-hydrogen) atoms. The zero-order valence-electron chi connectivity index (χ0n) is 13.7. The number of carbonyl (C=O) groups is 2. The Labute approximate surface area is 141 Å². The number of aryl methyl sites for hydroxylation is 2. The smallest absolute Gasteiger partial charge is 0.338 e. The lowest BCUT2D eigenvalue weighted by molar-refractivity contribution is -0.125. The van der Waals surface area contributed by atoms with E-state index < -0.39 is 5.97 Å². The number of hydrogen-bond donors (Lipinski definition) is 1. The molecule has 1 aliphatic carbocycles. The summed E-state index contributed by atoms with van der Waals surface area (Å²) in [5.74, 6) is -0.744. The van der Waals surface area contributed by atoms with Gasteiger partial charge in [-0.3, -0.25) is 4.79 Å². The van der Waals surface area contributed by atoms with Crippen molar-refractivity contribution < 1.29 is 14.3 Å². The van der Waals surface area contributed by atoms with Crippen LogP contribution in [0.2, 0.25) is 0 Å². The van der Waals surface area contributed by atoms with Gasteiger partial charge in [-0.2, -0.15) is 0 Å². The monoisotopic (exact) mass is 323 g/mol. The molecule has 2 aromatic rings. The molecule has 0 bridgehead atoms. The second-order valence-corrected chi connectivity index (χ2v) is 6.15. The summed E-state index contributed by atoms with van der Waals surface area (Å²) in [7, 11) is 0. The van der Waals surface area contributed by atoms with E-state index in [0.717, 1.165) is 24.8 Å². The Morgan fingerprint density at radius 1 is 1.12 bits per heavy atom. The fourth-order valence-corrected chi connectivity index (χ4v) is 3.04. The maximum Gasteiger partial charge on any atom is 0.338 e. The van der Waals surface area contributed by atoms with Crippen LogP contribution >= 0.6 is 0 Å². The summed E-state index contributed by atoms with van der Waals surface area (Å²) in [5, 5.41) is 2.97. The molecule has 0 fully saturated rings. The fourth-order valence-electron chi connectivity index (χ4n) is 3.04. The van der Waals surface area contributed by atoms with Crippen LogP contribution in [0.25, 0.3) is 0 Å². The lowest BCUT2D eigenvalue weighted by atomic mass is 9.88. The van der Waals surface area contributed by atoms with Gasteiger partial charge in [-0.05, 0) is 49.4 Å². The summed E-state index contributed by atoms with van der Waals surface area (Å²) < 4.78 is 5.11. The van der Waals surface area contributed by atoms with Crippen LogP contribution in [0.4, 0.5) is 0 Å². The SMILES string of the molecule is Cc1ccc(C(=O)OCC(=O)N[C@@H]2CCCc3ccccc32)cc1. The molecule has 0 spiro atoms. The van der Waals surface area contributed by atoms with Crippen molar-refractivity contribution in [2.75, 3.05) is 6.61 Å². The van der Waals surface area contributed by atoms with Crippen molar-refractivity contribution in [2.45, 2.75) is 32.2 Å². The predicted octanol–water partition coefficient (Wildman–Crippen LogP) is 3.35. The zero-order valence-corrected chi connectivity index (χ0v) is 13.7. The topological polar surface area (TPSA) is 55.4 Å². The van der Waals surface area contributed by atoms with E-state index in [2.05, 4.69) is 17.4 Å². The summed E-state index contributed by atoms with van der Waals surface area (Å²) in [4.78, 5) is 24.1. The van der Waals surface area contributed by atoms with Crippen molar-refractivity contribution >= 4 is 11.9 Å². The van der Waals surface area contributed by atoms with E-state index >= 15 is 0 Å². The molecule has 0 heterocycles. The second kappa shape index (κ2) is 7.30. The molecule has 1 atom stereocenters. The molecule has 0 saturated heterocycles. The van der Waals surface area contributed by atoms with Crippen molar-refractivity contribution in [2.24, 2.45) is 0 Å². The summed E-state index contributed by atoms with van der Waals surface area (Å²) in [6.45, 7) is 1.69. The van der Waals surface area contributed by atoms with Gasteiger partial charge < -0.3 is 10.1 Å². The van der Waals surface area contributed by atoms with Crippen LogP contribution in [0.15, 0.2) is 48.5 Å². The molecular weight excluding hydrogens is 302 g/mol. The van der Waals surface area contributed by atoms with Crippen LogP contribution < -0.4 is 5.32 Å². The zero-order chi connectivity index (χ0) is 16.9. The van der Waals surface area contributed by atoms with E-state index in [1.165, 1.54) is 11.1 Å². The van der Waals surface area contributed by atoms with Gasteiger partial charge in [0.05, 0.1) is 11.6 Å². The number of rotatable bonds is 4. The highest BCUT2D eigenvalue weighted by atomic mass is 16.5. The van der Waals surface area contributed by atoms with Gasteiger partial charge >= 0.3 is 5.97 Å². The molecule has 4 nitrogen and oxygen atoms in total. The number of ether oxygens (including phenoxy) is 1. The number of carbonyl (C=O) groups excluding carboxylic acids is 2. The molecule has 2 aromatic carbocycles. The number of amides is 1. The Hall–Kier alpha value is -2.62. The Morgan fingerprint density at radius 3 is 2.67 bits per heavy atom. The van der Waals surface area contributed by atoms with Crippen LogP contribution in [0.1, 0.15) is 45.9 Å².